The summed E-state index contributed by atoms with van der Waals surface area (Å²) in [6, 6.07) is 5.40. The highest BCUT2D eigenvalue weighted by Gasteiger charge is 2.28. The van der Waals surface area contributed by atoms with E-state index in [1.165, 1.54) is 6.07 Å². The minimum atomic E-state index is -0.173. The molecular weight excluding hydrogens is 321 g/mol. The summed E-state index contributed by atoms with van der Waals surface area (Å²) in [5.74, 6) is -0.173. The van der Waals surface area contributed by atoms with E-state index in [2.05, 4.69) is 39.7 Å². The van der Waals surface area contributed by atoms with Crippen LogP contribution in [0.4, 0.5) is 4.39 Å². The fraction of sp³-hybridized carbons (Fsp3) is 0.600. The van der Waals surface area contributed by atoms with Crippen molar-refractivity contribution in [1.29, 1.82) is 0 Å². The van der Waals surface area contributed by atoms with Crippen molar-refractivity contribution in [2.45, 2.75) is 25.4 Å². The van der Waals surface area contributed by atoms with Crippen LogP contribution in [0.15, 0.2) is 22.7 Å². The molecule has 5 heteroatoms. The number of hydrogen-bond acceptors (Lipinski definition) is 3. The van der Waals surface area contributed by atoms with Gasteiger partial charge in [0.05, 0.1) is 6.04 Å². The first-order chi connectivity index (χ1) is 9.52. The highest BCUT2D eigenvalue weighted by molar-refractivity contribution is 9.10. The molecule has 0 amide bonds. The van der Waals surface area contributed by atoms with Gasteiger partial charge in [-0.2, -0.15) is 0 Å². The van der Waals surface area contributed by atoms with Crippen LogP contribution in [0, 0.1) is 5.82 Å². The Labute approximate surface area is 129 Å². The van der Waals surface area contributed by atoms with Gasteiger partial charge < -0.3 is 10.6 Å². The molecule has 1 aromatic carbocycles. The quantitative estimate of drug-likeness (QED) is 0.915. The Kier molecular flexibility index (Phi) is 5.55. The lowest BCUT2D eigenvalue weighted by Gasteiger charge is -2.35. The van der Waals surface area contributed by atoms with E-state index in [4.69, 9.17) is 5.73 Å². The summed E-state index contributed by atoms with van der Waals surface area (Å²) in [7, 11) is 2.14. The maximum absolute atomic E-state index is 14.2. The normalized spacial score (nSPS) is 23.6. The third-order valence-corrected chi connectivity index (χ3v) is 4.53. The fourth-order valence-corrected chi connectivity index (χ4v) is 3.44. The van der Waals surface area contributed by atoms with Gasteiger partial charge in [-0.15, -0.1) is 0 Å². The molecule has 1 heterocycles. The van der Waals surface area contributed by atoms with Gasteiger partial charge in [0.25, 0.3) is 0 Å². The number of nitrogens with two attached hydrogens (primary N) is 1. The molecule has 0 bridgehead atoms. The van der Waals surface area contributed by atoms with Crippen molar-refractivity contribution in [2.75, 3.05) is 33.2 Å². The smallest absolute Gasteiger partial charge is 0.128 e. The zero-order valence-electron chi connectivity index (χ0n) is 12.1. The topological polar surface area (TPSA) is 32.5 Å². The summed E-state index contributed by atoms with van der Waals surface area (Å²) < 4.78 is 15.0. The molecule has 1 aliphatic heterocycles. The largest absolute Gasteiger partial charge is 0.329 e. The average Bonchev–Trinajstić information content (AvgIpc) is 2.56. The maximum Gasteiger partial charge on any atom is 0.128 e. The van der Waals surface area contributed by atoms with Gasteiger partial charge in [-0.05, 0) is 45.1 Å². The molecule has 20 heavy (non-hydrogen) atoms. The lowest BCUT2D eigenvalue weighted by Crippen LogP contribution is -2.43. The van der Waals surface area contributed by atoms with Crippen molar-refractivity contribution in [2.24, 2.45) is 5.73 Å². The second-order valence-electron chi connectivity index (χ2n) is 5.62. The molecule has 1 aromatic rings. The third-order valence-electron chi connectivity index (χ3n) is 4.04. The Hall–Kier alpha value is -0.490. The monoisotopic (exact) mass is 343 g/mol. The molecule has 0 aliphatic carbocycles. The molecule has 2 atom stereocenters. The maximum atomic E-state index is 14.2. The summed E-state index contributed by atoms with van der Waals surface area (Å²) in [4.78, 5) is 4.67. The molecule has 3 nitrogen and oxygen atoms in total. The van der Waals surface area contributed by atoms with E-state index in [0.29, 0.717) is 18.2 Å². The Morgan fingerprint density at radius 2 is 2.20 bits per heavy atom. The number of benzene rings is 1. The Morgan fingerprint density at radius 1 is 1.45 bits per heavy atom. The van der Waals surface area contributed by atoms with E-state index in [0.717, 1.165) is 30.5 Å². The van der Waals surface area contributed by atoms with Gasteiger partial charge in [0.15, 0.2) is 0 Å². The highest BCUT2D eigenvalue weighted by atomic mass is 79.9. The van der Waals surface area contributed by atoms with Crippen LogP contribution in [-0.2, 0) is 0 Å². The fourth-order valence-electron chi connectivity index (χ4n) is 3.06. The molecule has 2 N–H and O–H groups in total. The van der Waals surface area contributed by atoms with Gasteiger partial charge in [0, 0.05) is 35.7 Å². The van der Waals surface area contributed by atoms with E-state index in [1.807, 2.05) is 6.07 Å². The van der Waals surface area contributed by atoms with Gasteiger partial charge >= 0.3 is 0 Å². The lowest BCUT2D eigenvalue weighted by molar-refractivity contribution is 0.143. The first kappa shape index (κ1) is 15.9. The number of halogens is 2. The van der Waals surface area contributed by atoms with Crippen molar-refractivity contribution < 1.29 is 4.39 Å². The van der Waals surface area contributed by atoms with Crippen molar-refractivity contribution in [3.63, 3.8) is 0 Å². The zero-order valence-corrected chi connectivity index (χ0v) is 13.7. The predicted octanol–water partition coefficient (Wildman–Crippen LogP) is 2.61. The number of nitrogens with zero attached hydrogens (tertiary/aromatic N) is 2. The summed E-state index contributed by atoms with van der Waals surface area (Å²) in [6.07, 6.45) is 1.09. The minimum absolute atomic E-state index is 0.0611. The third kappa shape index (κ3) is 3.58. The average molecular weight is 344 g/mol. The Balaban J connectivity index is 2.28. The standard InChI is InChI=1S/C15H23BrFN3/c1-11-10-19(2)6-3-7-20(11)15(9-18)13-8-12(16)4-5-14(13)17/h4-5,8,11,15H,3,6-7,9-10,18H2,1-2H3. The number of hydrogen-bond donors (Lipinski definition) is 1. The molecule has 0 radical (unpaired) electrons. The van der Waals surface area contributed by atoms with Gasteiger partial charge in [0.2, 0.25) is 0 Å². The molecule has 0 saturated carbocycles. The van der Waals surface area contributed by atoms with Gasteiger partial charge in [-0.25, -0.2) is 4.39 Å². The molecule has 1 aliphatic rings. The van der Waals surface area contributed by atoms with E-state index in [9.17, 15) is 4.39 Å². The number of likely N-dealkylation sites (N-methyl/N-ethyl adjacent to an activating group) is 1. The van der Waals surface area contributed by atoms with E-state index >= 15 is 0 Å². The Bertz CT molecular complexity index is 455. The van der Waals surface area contributed by atoms with Crippen molar-refractivity contribution in [3.05, 3.63) is 34.1 Å². The summed E-state index contributed by atoms with van der Waals surface area (Å²) >= 11 is 3.42. The van der Waals surface area contributed by atoms with Gasteiger partial charge in [-0.3, -0.25) is 4.90 Å². The highest BCUT2D eigenvalue weighted by Crippen LogP contribution is 2.28. The van der Waals surface area contributed by atoms with E-state index < -0.39 is 0 Å². The molecule has 112 valence electrons. The molecular formula is C15H23BrFN3. The van der Waals surface area contributed by atoms with Crippen LogP contribution in [0.25, 0.3) is 0 Å². The van der Waals surface area contributed by atoms with Crippen molar-refractivity contribution >= 4 is 15.9 Å². The van der Waals surface area contributed by atoms with Crippen LogP contribution in [0.5, 0.6) is 0 Å². The number of rotatable bonds is 3. The van der Waals surface area contributed by atoms with E-state index in [1.54, 1.807) is 6.07 Å². The van der Waals surface area contributed by atoms with Gasteiger partial charge in [-0.1, -0.05) is 15.9 Å². The molecule has 1 fully saturated rings. The molecule has 1 saturated heterocycles. The van der Waals surface area contributed by atoms with Crippen LogP contribution in [0.1, 0.15) is 24.9 Å². The summed E-state index contributed by atoms with van der Waals surface area (Å²) in [5.41, 5.74) is 6.66. The van der Waals surface area contributed by atoms with Crippen molar-refractivity contribution in [3.8, 4) is 0 Å². The zero-order chi connectivity index (χ0) is 14.7. The molecule has 2 unspecified atom stereocenters. The van der Waals surface area contributed by atoms with E-state index in [-0.39, 0.29) is 11.9 Å². The van der Waals surface area contributed by atoms with Gasteiger partial charge in [0.1, 0.15) is 5.82 Å². The second kappa shape index (κ2) is 6.98. The molecule has 0 aromatic heterocycles. The molecule has 2 rings (SSSR count). The van der Waals surface area contributed by atoms with Crippen LogP contribution in [-0.4, -0.2) is 49.1 Å². The van der Waals surface area contributed by atoms with Crippen LogP contribution in [0.2, 0.25) is 0 Å². The van der Waals surface area contributed by atoms with Crippen LogP contribution in [0.3, 0.4) is 0 Å². The first-order valence-corrected chi connectivity index (χ1v) is 7.91. The van der Waals surface area contributed by atoms with Crippen LogP contribution >= 0.6 is 15.9 Å². The summed E-state index contributed by atoms with van der Waals surface area (Å²) in [5, 5.41) is 0. The minimum Gasteiger partial charge on any atom is -0.329 e. The SMILES string of the molecule is CC1CN(C)CCCN1C(CN)c1cc(Br)ccc1F. The second-order valence-corrected chi connectivity index (χ2v) is 6.54. The first-order valence-electron chi connectivity index (χ1n) is 7.12. The Morgan fingerprint density at radius 3 is 2.90 bits per heavy atom. The lowest BCUT2D eigenvalue weighted by atomic mass is 10.0. The van der Waals surface area contributed by atoms with Crippen LogP contribution < -0.4 is 5.73 Å². The predicted molar refractivity (Wildman–Crippen MR) is 84.2 cm³/mol. The molecule has 0 spiro atoms. The van der Waals surface area contributed by atoms with Crippen molar-refractivity contribution in [1.82, 2.24) is 9.80 Å². The summed E-state index contributed by atoms with van der Waals surface area (Å²) in [6.45, 7) is 5.66.